The molecule has 2 aromatic heterocycles. The summed E-state index contributed by atoms with van der Waals surface area (Å²) < 4.78 is 0. The molecule has 0 fully saturated rings. The minimum absolute atomic E-state index is 0. The summed E-state index contributed by atoms with van der Waals surface area (Å²) in [5, 5.41) is 1.22. The second-order valence-electron chi connectivity index (χ2n) is 6.58. The average molecular weight is 423 g/mol. The molecule has 3 aromatic rings. The molecule has 0 unspecified atom stereocenters. The standard InChI is InChI=1S/C20H22N4S.2ClH/c1-13-3-6-19(25-13)20(21)23-15-4-5-18-16(11-15)17(12-22-18)14-7-9-24(2)10-8-14;;/h3-7,11-12,22H,8-10H2,1-2H3,(H2,21,23);2*1H. The number of thiophene rings is 1. The van der Waals surface area contributed by atoms with Crippen molar-refractivity contribution in [3.05, 3.63) is 57.9 Å². The van der Waals surface area contributed by atoms with E-state index >= 15 is 0 Å². The maximum atomic E-state index is 6.19. The third-order valence-corrected chi connectivity index (χ3v) is 5.69. The van der Waals surface area contributed by atoms with Gasteiger partial charge >= 0.3 is 0 Å². The van der Waals surface area contributed by atoms with Gasteiger partial charge in [0, 0.05) is 40.6 Å². The van der Waals surface area contributed by atoms with Crippen molar-refractivity contribution in [1.29, 1.82) is 0 Å². The topological polar surface area (TPSA) is 57.4 Å². The zero-order valence-electron chi connectivity index (χ0n) is 15.4. The van der Waals surface area contributed by atoms with E-state index in [2.05, 4.69) is 59.3 Å². The third-order valence-electron chi connectivity index (χ3n) is 4.67. The van der Waals surface area contributed by atoms with Gasteiger partial charge in [0.25, 0.3) is 0 Å². The number of aromatic amines is 1. The molecule has 0 bridgehead atoms. The zero-order valence-corrected chi connectivity index (χ0v) is 17.8. The van der Waals surface area contributed by atoms with Crippen molar-refractivity contribution in [2.75, 3.05) is 20.1 Å². The number of hydrogen-bond donors (Lipinski definition) is 2. The minimum atomic E-state index is 0. The van der Waals surface area contributed by atoms with Crippen molar-refractivity contribution < 1.29 is 0 Å². The van der Waals surface area contributed by atoms with Gasteiger partial charge in [0.15, 0.2) is 0 Å². The highest BCUT2D eigenvalue weighted by Gasteiger charge is 2.14. The van der Waals surface area contributed by atoms with Crippen LogP contribution in [0.3, 0.4) is 0 Å². The van der Waals surface area contributed by atoms with Gasteiger partial charge in [-0.05, 0) is 56.3 Å². The third kappa shape index (κ3) is 4.55. The first kappa shape index (κ1) is 21.5. The second-order valence-corrected chi connectivity index (χ2v) is 7.87. The van der Waals surface area contributed by atoms with Gasteiger partial charge < -0.3 is 15.6 Å². The van der Waals surface area contributed by atoms with E-state index < -0.39 is 0 Å². The van der Waals surface area contributed by atoms with E-state index in [1.165, 1.54) is 21.4 Å². The lowest BCUT2D eigenvalue weighted by Crippen LogP contribution is -2.23. The number of nitrogens with zero attached hydrogens (tertiary/aromatic N) is 2. The number of rotatable bonds is 3. The fourth-order valence-electron chi connectivity index (χ4n) is 3.23. The summed E-state index contributed by atoms with van der Waals surface area (Å²) >= 11 is 1.67. The molecular formula is C20H24Cl2N4S. The van der Waals surface area contributed by atoms with Crippen LogP contribution in [-0.4, -0.2) is 35.9 Å². The summed E-state index contributed by atoms with van der Waals surface area (Å²) in [5.74, 6) is 0.577. The molecule has 4 rings (SSSR count). The molecule has 4 nitrogen and oxygen atoms in total. The van der Waals surface area contributed by atoms with Gasteiger partial charge in [-0.15, -0.1) is 36.2 Å². The molecule has 3 heterocycles. The molecule has 7 heteroatoms. The smallest absolute Gasteiger partial charge is 0.141 e. The number of aliphatic imine (C=N–C) groups is 1. The van der Waals surface area contributed by atoms with E-state index in [-0.39, 0.29) is 24.8 Å². The van der Waals surface area contributed by atoms with E-state index in [4.69, 9.17) is 5.73 Å². The molecule has 1 aromatic carbocycles. The fraction of sp³-hybridized carbons (Fsp3) is 0.250. The predicted octanol–water partition coefficient (Wildman–Crippen LogP) is 5.14. The van der Waals surface area contributed by atoms with Crippen LogP contribution in [0.1, 0.15) is 21.7 Å². The Bertz CT molecular complexity index is 987. The molecule has 0 saturated carbocycles. The van der Waals surface area contributed by atoms with Crippen LogP contribution in [0, 0.1) is 6.92 Å². The van der Waals surface area contributed by atoms with Crippen molar-refractivity contribution in [3.63, 3.8) is 0 Å². The van der Waals surface area contributed by atoms with Gasteiger partial charge in [-0.2, -0.15) is 0 Å². The largest absolute Gasteiger partial charge is 0.383 e. The first-order valence-corrected chi connectivity index (χ1v) is 9.32. The molecule has 0 aliphatic carbocycles. The Morgan fingerprint density at radius 1 is 1.22 bits per heavy atom. The lowest BCUT2D eigenvalue weighted by molar-refractivity contribution is 0.370. The number of H-pyrrole nitrogens is 1. The van der Waals surface area contributed by atoms with Crippen LogP contribution in [0.2, 0.25) is 0 Å². The first-order chi connectivity index (χ1) is 12.1. The quantitative estimate of drug-likeness (QED) is 0.453. The Hall–Kier alpha value is -1.79. The molecule has 3 N–H and O–H groups in total. The SMILES string of the molecule is Cc1ccc(C(N)=Nc2ccc3[nH]cc(C4=CCN(C)CC4)c3c2)s1.Cl.Cl. The number of likely N-dealkylation sites (N-methyl/N-ethyl adjacent to an activating group) is 1. The minimum Gasteiger partial charge on any atom is -0.383 e. The highest BCUT2D eigenvalue weighted by atomic mass is 35.5. The lowest BCUT2D eigenvalue weighted by Gasteiger charge is -2.21. The summed E-state index contributed by atoms with van der Waals surface area (Å²) in [5.41, 5.74) is 10.9. The Balaban J connectivity index is 0.00000131. The van der Waals surface area contributed by atoms with Gasteiger partial charge in [0.05, 0.1) is 10.6 Å². The van der Waals surface area contributed by atoms with Gasteiger partial charge in [0.2, 0.25) is 0 Å². The normalized spacial score (nSPS) is 15.2. The zero-order chi connectivity index (χ0) is 17.4. The number of nitrogens with two attached hydrogens (primary N) is 1. The van der Waals surface area contributed by atoms with E-state index in [1.807, 2.05) is 12.1 Å². The van der Waals surface area contributed by atoms with Crippen LogP contribution >= 0.6 is 36.2 Å². The van der Waals surface area contributed by atoms with Crippen LogP contribution in [0.25, 0.3) is 16.5 Å². The van der Waals surface area contributed by atoms with Gasteiger partial charge in [-0.3, -0.25) is 0 Å². The predicted molar refractivity (Wildman–Crippen MR) is 122 cm³/mol. The lowest BCUT2D eigenvalue weighted by atomic mass is 9.99. The van der Waals surface area contributed by atoms with Crippen molar-refractivity contribution in [3.8, 4) is 0 Å². The monoisotopic (exact) mass is 422 g/mol. The molecule has 0 amide bonds. The molecule has 1 aliphatic heterocycles. The number of fused-ring (bicyclic) bond motifs is 1. The van der Waals surface area contributed by atoms with Crippen LogP contribution in [0.5, 0.6) is 0 Å². The van der Waals surface area contributed by atoms with Crippen LogP contribution in [0.15, 0.2) is 47.6 Å². The van der Waals surface area contributed by atoms with E-state index in [0.29, 0.717) is 5.84 Å². The summed E-state index contributed by atoms with van der Waals surface area (Å²) in [6.07, 6.45) is 5.51. The number of amidine groups is 1. The van der Waals surface area contributed by atoms with Gasteiger partial charge in [-0.25, -0.2) is 4.99 Å². The number of nitrogens with one attached hydrogen (secondary N) is 1. The fourth-order valence-corrected chi connectivity index (χ4v) is 3.99. The van der Waals surface area contributed by atoms with E-state index in [9.17, 15) is 0 Å². The number of halogens is 2. The molecule has 144 valence electrons. The number of benzene rings is 1. The molecule has 0 spiro atoms. The highest BCUT2D eigenvalue weighted by molar-refractivity contribution is 7.14. The van der Waals surface area contributed by atoms with Crippen molar-refractivity contribution in [1.82, 2.24) is 9.88 Å². The maximum Gasteiger partial charge on any atom is 0.141 e. The molecule has 27 heavy (non-hydrogen) atoms. The van der Waals surface area contributed by atoms with E-state index in [0.717, 1.165) is 35.6 Å². The number of hydrogen-bond acceptors (Lipinski definition) is 3. The summed E-state index contributed by atoms with van der Waals surface area (Å²) in [4.78, 5) is 12.6. The Morgan fingerprint density at radius 2 is 2.04 bits per heavy atom. The average Bonchev–Trinajstić information content (AvgIpc) is 3.22. The Labute approximate surface area is 176 Å². The van der Waals surface area contributed by atoms with E-state index in [1.54, 1.807) is 11.3 Å². The van der Waals surface area contributed by atoms with Crippen LogP contribution < -0.4 is 5.73 Å². The van der Waals surface area contributed by atoms with Crippen molar-refractivity contribution in [2.24, 2.45) is 10.7 Å². The second kappa shape index (κ2) is 8.93. The van der Waals surface area contributed by atoms with Crippen molar-refractivity contribution in [2.45, 2.75) is 13.3 Å². The maximum absolute atomic E-state index is 6.19. The van der Waals surface area contributed by atoms with Gasteiger partial charge in [0.1, 0.15) is 5.84 Å². The summed E-state index contributed by atoms with van der Waals surface area (Å²) in [6, 6.07) is 10.3. The van der Waals surface area contributed by atoms with Gasteiger partial charge in [-0.1, -0.05) is 6.08 Å². The van der Waals surface area contributed by atoms with Crippen molar-refractivity contribution >= 4 is 64.1 Å². The molecule has 0 saturated heterocycles. The molecule has 0 radical (unpaired) electrons. The van der Waals surface area contributed by atoms with Crippen LogP contribution in [-0.2, 0) is 0 Å². The molecule has 0 atom stereocenters. The Morgan fingerprint density at radius 3 is 2.70 bits per heavy atom. The summed E-state index contributed by atoms with van der Waals surface area (Å²) in [6.45, 7) is 4.18. The Kier molecular flexibility index (Phi) is 7.12. The highest BCUT2D eigenvalue weighted by Crippen LogP contribution is 2.31. The first-order valence-electron chi connectivity index (χ1n) is 8.50. The molecule has 1 aliphatic rings. The molecular weight excluding hydrogens is 399 g/mol. The van der Waals surface area contributed by atoms with Crippen LogP contribution in [0.4, 0.5) is 5.69 Å². The number of aromatic nitrogens is 1. The number of aryl methyl sites for hydroxylation is 1. The summed E-state index contributed by atoms with van der Waals surface area (Å²) in [7, 11) is 2.16.